The van der Waals surface area contributed by atoms with Crippen molar-refractivity contribution in [3.63, 3.8) is 0 Å². The van der Waals surface area contributed by atoms with Gasteiger partial charge in [0.2, 0.25) is 5.91 Å². The monoisotopic (exact) mass is 411 g/mol. The SMILES string of the molecule is C/C=C/CNC(=O)CCC(=O)OCCOC(=O)CCC(=O)CCCCCCCC. The molecule has 0 fully saturated rings. The van der Waals surface area contributed by atoms with Gasteiger partial charge in [0, 0.05) is 25.8 Å². The summed E-state index contributed by atoms with van der Waals surface area (Å²) in [5.74, 6) is -1.13. The number of ketones is 1. The fourth-order valence-corrected chi connectivity index (χ4v) is 2.52. The predicted octanol–water partition coefficient (Wildman–Crippen LogP) is 3.65. The van der Waals surface area contributed by atoms with E-state index < -0.39 is 11.9 Å². The summed E-state index contributed by atoms with van der Waals surface area (Å²) < 4.78 is 9.86. The van der Waals surface area contributed by atoms with Crippen LogP contribution < -0.4 is 5.32 Å². The Morgan fingerprint density at radius 1 is 0.759 bits per heavy atom. The van der Waals surface area contributed by atoms with Crippen LogP contribution in [0.25, 0.3) is 0 Å². The Hall–Kier alpha value is -2.18. The normalized spacial score (nSPS) is 10.7. The first-order valence-electron chi connectivity index (χ1n) is 10.7. The molecule has 1 N–H and O–H groups in total. The molecule has 0 aliphatic carbocycles. The lowest BCUT2D eigenvalue weighted by atomic mass is 10.1. The summed E-state index contributed by atoms with van der Waals surface area (Å²) in [6.45, 7) is 4.34. The highest BCUT2D eigenvalue weighted by Crippen LogP contribution is 2.09. The molecule has 0 bridgehead atoms. The van der Waals surface area contributed by atoms with Gasteiger partial charge in [0.25, 0.3) is 0 Å². The van der Waals surface area contributed by atoms with Crippen LogP contribution in [0.1, 0.15) is 84.5 Å². The van der Waals surface area contributed by atoms with Crippen LogP contribution in [0, 0.1) is 0 Å². The van der Waals surface area contributed by atoms with Crippen LogP contribution in [0.15, 0.2) is 12.2 Å². The molecule has 0 aliphatic rings. The summed E-state index contributed by atoms with van der Waals surface area (Å²) in [7, 11) is 0. The van der Waals surface area contributed by atoms with E-state index in [1.54, 1.807) is 6.08 Å². The first-order valence-corrected chi connectivity index (χ1v) is 10.7. The van der Waals surface area contributed by atoms with E-state index in [0.717, 1.165) is 19.3 Å². The number of Topliss-reactive ketones (excluding diaryl/α,β-unsaturated/α-hetero) is 1. The van der Waals surface area contributed by atoms with Crippen LogP contribution in [0.4, 0.5) is 0 Å². The molecule has 0 saturated heterocycles. The van der Waals surface area contributed by atoms with Gasteiger partial charge in [-0.25, -0.2) is 0 Å². The molecule has 29 heavy (non-hydrogen) atoms. The molecule has 0 aromatic carbocycles. The van der Waals surface area contributed by atoms with Gasteiger partial charge >= 0.3 is 11.9 Å². The number of ether oxygens (including phenoxy) is 2. The molecule has 0 heterocycles. The molecule has 0 aliphatic heterocycles. The molecule has 0 aromatic heterocycles. The topological polar surface area (TPSA) is 98.8 Å². The highest BCUT2D eigenvalue weighted by atomic mass is 16.6. The van der Waals surface area contributed by atoms with Crippen molar-refractivity contribution in [2.75, 3.05) is 19.8 Å². The van der Waals surface area contributed by atoms with E-state index in [2.05, 4.69) is 12.2 Å². The molecule has 1 amide bonds. The second-order valence-electron chi connectivity index (χ2n) is 6.87. The molecular formula is C22H37NO6. The van der Waals surface area contributed by atoms with E-state index in [9.17, 15) is 19.2 Å². The number of carbonyl (C=O) groups excluding carboxylic acids is 4. The molecule has 0 unspecified atom stereocenters. The average molecular weight is 412 g/mol. The Labute approximate surface area is 174 Å². The molecule has 7 nitrogen and oxygen atoms in total. The van der Waals surface area contributed by atoms with Crippen LogP contribution >= 0.6 is 0 Å². The van der Waals surface area contributed by atoms with Crippen LogP contribution in [0.2, 0.25) is 0 Å². The lowest BCUT2D eigenvalue weighted by molar-refractivity contribution is -0.152. The van der Waals surface area contributed by atoms with Gasteiger partial charge in [-0.2, -0.15) is 0 Å². The molecule has 0 radical (unpaired) electrons. The summed E-state index contributed by atoms with van der Waals surface area (Å²) in [5, 5.41) is 2.64. The minimum atomic E-state index is -0.517. The highest BCUT2D eigenvalue weighted by Gasteiger charge is 2.10. The highest BCUT2D eigenvalue weighted by molar-refractivity contribution is 5.83. The fourth-order valence-electron chi connectivity index (χ4n) is 2.52. The van der Waals surface area contributed by atoms with Crippen molar-refractivity contribution in [3.8, 4) is 0 Å². The van der Waals surface area contributed by atoms with Crippen LogP contribution in [-0.2, 0) is 28.7 Å². The van der Waals surface area contributed by atoms with Gasteiger partial charge in [-0.3, -0.25) is 19.2 Å². The van der Waals surface area contributed by atoms with Crippen molar-refractivity contribution < 1.29 is 28.7 Å². The molecule has 0 aromatic rings. The third kappa shape index (κ3) is 18.9. The van der Waals surface area contributed by atoms with Gasteiger partial charge in [0.05, 0.1) is 12.8 Å². The van der Waals surface area contributed by atoms with E-state index in [0.29, 0.717) is 13.0 Å². The van der Waals surface area contributed by atoms with Gasteiger partial charge in [-0.15, -0.1) is 0 Å². The smallest absolute Gasteiger partial charge is 0.306 e. The van der Waals surface area contributed by atoms with Crippen LogP contribution in [0.5, 0.6) is 0 Å². The maximum Gasteiger partial charge on any atom is 0.306 e. The predicted molar refractivity (Wildman–Crippen MR) is 111 cm³/mol. The molecule has 166 valence electrons. The number of hydrogen-bond donors (Lipinski definition) is 1. The second-order valence-corrected chi connectivity index (χ2v) is 6.87. The second kappa shape index (κ2) is 19.2. The lowest BCUT2D eigenvalue weighted by Gasteiger charge is -2.07. The first kappa shape index (κ1) is 26.8. The maximum absolute atomic E-state index is 11.8. The van der Waals surface area contributed by atoms with Gasteiger partial charge in [-0.05, 0) is 13.3 Å². The molecular weight excluding hydrogens is 374 g/mol. The minimum absolute atomic E-state index is 0.0252. The van der Waals surface area contributed by atoms with E-state index >= 15 is 0 Å². The summed E-state index contributed by atoms with van der Waals surface area (Å²) in [4.78, 5) is 46.3. The van der Waals surface area contributed by atoms with Crippen molar-refractivity contribution >= 4 is 23.6 Å². The molecule has 0 atom stereocenters. The number of nitrogens with one attached hydrogen (secondary N) is 1. The third-order valence-corrected chi connectivity index (χ3v) is 4.24. The largest absolute Gasteiger partial charge is 0.462 e. The zero-order valence-corrected chi connectivity index (χ0v) is 18.0. The van der Waals surface area contributed by atoms with Gasteiger partial charge in [0.15, 0.2) is 0 Å². The van der Waals surface area contributed by atoms with Gasteiger partial charge < -0.3 is 14.8 Å². The Balaban J connectivity index is 3.59. The number of rotatable bonds is 18. The minimum Gasteiger partial charge on any atom is -0.462 e. The lowest BCUT2D eigenvalue weighted by Crippen LogP contribution is -2.24. The fraction of sp³-hybridized carbons (Fsp3) is 0.727. The van der Waals surface area contributed by atoms with Crippen molar-refractivity contribution in [1.82, 2.24) is 5.32 Å². The van der Waals surface area contributed by atoms with E-state index in [1.807, 2.05) is 13.0 Å². The van der Waals surface area contributed by atoms with Crippen molar-refractivity contribution in [2.45, 2.75) is 84.5 Å². The van der Waals surface area contributed by atoms with Crippen LogP contribution in [-0.4, -0.2) is 43.4 Å². The average Bonchev–Trinajstić information content (AvgIpc) is 2.71. The number of esters is 2. The Bertz CT molecular complexity index is 515. The zero-order valence-electron chi connectivity index (χ0n) is 18.0. The number of unbranched alkanes of at least 4 members (excludes halogenated alkanes) is 5. The van der Waals surface area contributed by atoms with Gasteiger partial charge in [-0.1, -0.05) is 51.2 Å². The summed E-state index contributed by atoms with van der Waals surface area (Å²) in [5.41, 5.74) is 0. The van der Waals surface area contributed by atoms with Crippen molar-refractivity contribution in [3.05, 3.63) is 12.2 Å². The number of allylic oxidation sites excluding steroid dienone is 1. The van der Waals surface area contributed by atoms with Crippen LogP contribution in [0.3, 0.4) is 0 Å². The quantitative estimate of drug-likeness (QED) is 0.210. The van der Waals surface area contributed by atoms with E-state index in [1.165, 1.54) is 19.3 Å². The molecule has 7 heteroatoms. The summed E-state index contributed by atoms with van der Waals surface area (Å²) in [6.07, 6.45) is 11.1. The van der Waals surface area contributed by atoms with E-state index in [-0.39, 0.29) is 50.6 Å². The maximum atomic E-state index is 11.8. The van der Waals surface area contributed by atoms with E-state index in [4.69, 9.17) is 9.47 Å². The number of amides is 1. The summed E-state index contributed by atoms with van der Waals surface area (Å²) >= 11 is 0. The number of carbonyl (C=O) groups is 4. The Kier molecular flexibility index (Phi) is 17.7. The van der Waals surface area contributed by atoms with Crippen molar-refractivity contribution in [2.24, 2.45) is 0 Å². The first-order chi connectivity index (χ1) is 14.0. The Morgan fingerprint density at radius 3 is 1.97 bits per heavy atom. The third-order valence-electron chi connectivity index (χ3n) is 4.24. The molecule has 0 saturated carbocycles. The zero-order chi connectivity index (χ0) is 21.7. The standard InChI is InChI=1S/C22H37NO6/c1-3-5-7-8-9-10-11-19(24)12-14-21(26)28-17-18-29-22(27)15-13-20(25)23-16-6-4-2/h4,6H,3,5,7-18H2,1-2H3,(H,23,25)/b6-4+. The molecule has 0 rings (SSSR count). The number of hydrogen-bond acceptors (Lipinski definition) is 6. The van der Waals surface area contributed by atoms with Crippen molar-refractivity contribution in [1.29, 1.82) is 0 Å². The molecule has 0 spiro atoms. The summed E-state index contributed by atoms with van der Waals surface area (Å²) in [6, 6.07) is 0. The Morgan fingerprint density at radius 2 is 1.34 bits per heavy atom. The van der Waals surface area contributed by atoms with Gasteiger partial charge in [0.1, 0.15) is 19.0 Å².